The molecule has 7 nitrogen and oxygen atoms in total. The van der Waals surface area contributed by atoms with E-state index in [0.29, 0.717) is 43.3 Å². The molecule has 2 heterocycles. The van der Waals surface area contributed by atoms with Crippen molar-refractivity contribution in [3.05, 3.63) is 53.7 Å². The third-order valence-electron chi connectivity index (χ3n) is 4.20. The number of carboxylic acid groups (broad SMARTS) is 1. The number of rotatable bonds is 4. The summed E-state index contributed by atoms with van der Waals surface area (Å²) in [5, 5.41) is 9.29. The second kappa shape index (κ2) is 7.21. The smallest absolute Gasteiger partial charge is 0.339 e. The monoisotopic (exact) mass is 341 g/mol. The molecular weight excluding hydrogens is 322 g/mol. The van der Waals surface area contributed by atoms with Gasteiger partial charge < -0.3 is 19.6 Å². The molecule has 130 valence electrons. The maximum atomic E-state index is 12.6. The molecule has 0 spiro atoms. The van der Waals surface area contributed by atoms with Gasteiger partial charge in [-0.15, -0.1) is 0 Å². The van der Waals surface area contributed by atoms with Gasteiger partial charge in [-0.05, 0) is 30.3 Å². The number of carbonyl (C=O) groups excluding carboxylic acids is 1. The van der Waals surface area contributed by atoms with Crippen molar-refractivity contribution in [1.82, 2.24) is 9.88 Å². The average Bonchev–Trinajstić information content (AvgIpc) is 2.67. The molecule has 25 heavy (non-hydrogen) atoms. The number of methoxy groups -OCH3 is 1. The summed E-state index contributed by atoms with van der Waals surface area (Å²) in [6.45, 7) is 2.08. The zero-order chi connectivity index (χ0) is 17.8. The molecule has 0 aliphatic carbocycles. The van der Waals surface area contributed by atoms with Crippen LogP contribution in [0.5, 0.6) is 5.75 Å². The highest BCUT2D eigenvalue weighted by atomic mass is 16.5. The number of piperazine rings is 1. The molecule has 3 rings (SSSR count). The van der Waals surface area contributed by atoms with E-state index >= 15 is 0 Å². The van der Waals surface area contributed by atoms with Crippen LogP contribution in [0.3, 0.4) is 0 Å². The topological polar surface area (TPSA) is 83.0 Å². The van der Waals surface area contributed by atoms with E-state index in [-0.39, 0.29) is 11.5 Å². The van der Waals surface area contributed by atoms with Crippen molar-refractivity contribution >= 4 is 17.7 Å². The van der Waals surface area contributed by atoms with Crippen molar-refractivity contribution in [2.24, 2.45) is 0 Å². The van der Waals surface area contributed by atoms with E-state index in [1.54, 1.807) is 54.6 Å². The molecule has 1 fully saturated rings. The summed E-state index contributed by atoms with van der Waals surface area (Å²) in [6.07, 6.45) is 1.58. The molecule has 1 saturated heterocycles. The van der Waals surface area contributed by atoms with Gasteiger partial charge in [0.1, 0.15) is 17.1 Å². The Labute approximate surface area is 145 Å². The number of aromatic carboxylic acids is 1. The number of nitrogens with zero attached hydrogens (tertiary/aromatic N) is 3. The van der Waals surface area contributed by atoms with Gasteiger partial charge in [-0.3, -0.25) is 4.79 Å². The molecule has 7 heteroatoms. The second-order valence-corrected chi connectivity index (χ2v) is 5.69. The van der Waals surface area contributed by atoms with Crippen LogP contribution in [0.1, 0.15) is 20.7 Å². The SMILES string of the molecule is COc1cccc(C(=O)N2CCN(c3ncccc3C(=O)O)CC2)c1. The second-order valence-electron chi connectivity index (χ2n) is 5.69. The Bertz CT molecular complexity index is 785. The lowest BCUT2D eigenvalue weighted by molar-refractivity contribution is 0.0692. The van der Waals surface area contributed by atoms with Crippen LogP contribution in [0.4, 0.5) is 5.82 Å². The summed E-state index contributed by atoms with van der Waals surface area (Å²) in [7, 11) is 1.56. The molecule has 0 bridgehead atoms. The molecule has 0 radical (unpaired) electrons. The maximum Gasteiger partial charge on any atom is 0.339 e. The van der Waals surface area contributed by atoms with Crippen molar-refractivity contribution in [1.29, 1.82) is 0 Å². The lowest BCUT2D eigenvalue weighted by Gasteiger charge is -2.36. The Hall–Kier alpha value is -3.09. The number of carbonyl (C=O) groups is 2. The van der Waals surface area contributed by atoms with E-state index in [1.807, 2.05) is 4.90 Å². The van der Waals surface area contributed by atoms with Gasteiger partial charge >= 0.3 is 5.97 Å². The van der Waals surface area contributed by atoms with Crippen molar-refractivity contribution < 1.29 is 19.4 Å². The van der Waals surface area contributed by atoms with Gasteiger partial charge in [-0.25, -0.2) is 9.78 Å². The first-order chi connectivity index (χ1) is 12.1. The van der Waals surface area contributed by atoms with E-state index in [2.05, 4.69) is 4.98 Å². The minimum Gasteiger partial charge on any atom is -0.497 e. The zero-order valence-corrected chi connectivity index (χ0v) is 13.9. The van der Waals surface area contributed by atoms with Crippen LogP contribution >= 0.6 is 0 Å². The summed E-state index contributed by atoms with van der Waals surface area (Å²) < 4.78 is 5.16. The molecule has 1 aliphatic rings. The molecule has 1 amide bonds. The third kappa shape index (κ3) is 3.55. The molecule has 1 aliphatic heterocycles. The van der Waals surface area contributed by atoms with Crippen LogP contribution in [0.25, 0.3) is 0 Å². The number of ether oxygens (including phenoxy) is 1. The number of amides is 1. The van der Waals surface area contributed by atoms with Crippen LogP contribution in [0.15, 0.2) is 42.6 Å². The van der Waals surface area contributed by atoms with E-state index in [9.17, 15) is 14.7 Å². The van der Waals surface area contributed by atoms with Gasteiger partial charge in [0.15, 0.2) is 0 Å². The highest BCUT2D eigenvalue weighted by Crippen LogP contribution is 2.20. The summed E-state index contributed by atoms with van der Waals surface area (Å²) in [4.78, 5) is 31.8. The molecule has 1 aromatic carbocycles. The highest BCUT2D eigenvalue weighted by Gasteiger charge is 2.25. The number of hydrogen-bond donors (Lipinski definition) is 1. The Balaban J connectivity index is 1.70. The van der Waals surface area contributed by atoms with E-state index in [4.69, 9.17) is 4.74 Å². The third-order valence-corrected chi connectivity index (χ3v) is 4.20. The molecule has 0 atom stereocenters. The van der Waals surface area contributed by atoms with Crippen LogP contribution in [-0.4, -0.2) is 60.2 Å². The summed E-state index contributed by atoms with van der Waals surface area (Å²) in [6, 6.07) is 10.2. The predicted octanol–water partition coefficient (Wildman–Crippen LogP) is 1.75. The Morgan fingerprint density at radius 1 is 1.12 bits per heavy atom. The number of hydrogen-bond acceptors (Lipinski definition) is 5. The molecule has 0 saturated carbocycles. The van der Waals surface area contributed by atoms with E-state index < -0.39 is 5.97 Å². The van der Waals surface area contributed by atoms with Gasteiger partial charge in [0.25, 0.3) is 5.91 Å². The average molecular weight is 341 g/mol. The fourth-order valence-corrected chi connectivity index (χ4v) is 2.88. The van der Waals surface area contributed by atoms with Crippen molar-refractivity contribution in [2.45, 2.75) is 0 Å². The van der Waals surface area contributed by atoms with Gasteiger partial charge in [-0.2, -0.15) is 0 Å². The lowest BCUT2D eigenvalue weighted by Crippen LogP contribution is -2.49. The van der Waals surface area contributed by atoms with Crippen LogP contribution in [0, 0.1) is 0 Å². The van der Waals surface area contributed by atoms with Crippen molar-refractivity contribution in [2.75, 3.05) is 38.2 Å². The summed E-state index contributed by atoms with van der Waals surface area (Å²) >= 11 is 0. The van der Waals surface area contributed by atoms with Crippen LogP contribution < -0.4 is 9.64 Å². The first-order valence-electron chi connectivity index (χ1n) is 7.96. The van der Waals surface area contributed by atoms with Gasteiger partial charge in [-0.1, -0.05) is 6.07 Å². The lowest BCUT2D eigenvalue weighted by atomic mass is 10.1. The fraction of sp³-hybridized carbons (Fsp3) is 0.278. The molecule has 1 N–H and O–H groups in total. The summed E-state index contributed by atoms with van der Waals surface area (Å²) in [5.74, 6) is 0.0311. The van der Waals surface area contributed by atoms with E-state index in [1.165, 1.54) is 0 Å². The van der Waals surface area contributed by atoms with Crippen molar-refractivity contribution in [3.63, 3.8) is 0 Å². The quantitative estimate of drug-likeness (QED) is 0.912. The normalized spacial score (nSPS) is 14.3. The van der Waals surface area contributed by atoms with Crippen molar-refractivity contribution in [3.8, 4) is 5.75 Å². The summed E-state index contributed by atoms with van der Waals surface area (Å²) in [5.41, 5.74) is 0.756. The molecule has 2 aromatic rings. The minimum atomic E-state index is -1.00. The number of carboxylic acids is 1. The maximum absolute atomic E-state index is 12.6. The molecular formula is C18H19N3O4. The van der Waals surface area contributed by atoms with Gasteiger partial charge in [0.05, 0.1) is 7.11 Å². The standard InChI is InChI=1S/C18H19N3O4/c1-25-14-5-2-4-13(12-14)17(22)21-10-8-20(9-11-21)16-15(18(23)24)6-3-7-19-16/h2-7,12H,8-11H2,1H3,(H,23,24). The number of aromatic nitrogens is 1. The number of benzene rings is 1. The van der Waals surface area contributed by atoms with Gasteiger partial charge in [0, 0.05) is 37.9 Å². The van der Waals surface area contributed by atoms with Crippen LogP contribution in [0.2, 0.25) is 0 Å². The first-order valence-corrected chi connectivity index (χ1v) is 7.96. The number of anilines is 1. The zero-order valence-electron chi connectivity index (χ0n) is 13.9. The fourth-order valence-electron chi connectivity index (χ4n) is 2.88. The van der Waals surface area contributed by atoms with Crippen LogP contribution in [-0.2, 0) is 0 Å². The largest absolute Gasteiger partial charge is 0.497 e. The number of pyridine rings is 1. The Morgan fingerprint density at radius 3 is 2.56 bits per heavy atom. The molecule has 0 unspecified atom stereocenters. The minimum absolute atomic E-state index is 0.0574. The van der Waals surface area contributed by atoms with Gasteiger partial charge in [0.2, 0.25) is 0 Å². The Kier molecular flexibility index (Phi) is 4.83. The van der Waals surface area contributed by atoms with E-state index in [0.717, 1.165) is 0 Å². The Morgan fingerprint density at radius 2 is 1.88 bits per heavy atom. The predicted molar refractivity (Wildman–Crippen MR) is 92.3 cm³/mol. The highest BCUT2D eigenvalue weighted by molar-refractivity contribution is 5.95. The first kappa shape index (κ1) is 16.8. The molecule has 1 aromatic heterocycles.